The zero-order valence-electron chi connectivity index (χ0n) is 11.1. The van der Waals surface area contributed by atoms with Gasteiger partial charge in [0.15, 0.2) is 0 Å². The van der Waals surface area contributed by atoms with E-state index in [1.54, 1.807) is 6.26 Å². The van der Waals surface area contributed by atoms with Crippen molar-refractivity contribution in [2.75, 3.05) is 13.2 Å². The fourth-order valence-electron chi connectivity index (χ4n) is 2.33. The van der Waals surface area contributed by atoms with E-state index in [1.165, 1.54) is 12.1 Å². The number of ether oxygens (including phenoxy) is 1. The topological polar surface area (TPSA) is 21.3 Å². The lowest BCUT2D eigenvalue weighted by molar-refractivity contribution is 0.219. The lowest BCUT2D eigenvalue weighted by Crippen LogP contribution is -2.34. The summed E-state index contributed by atoms with van der Waals surface area (Å²) in [5, 5.41) is 3.33. The number of nitrogens with one attached hydrogen (secondary N) is 1. The molecule has 1 atom stereocenters. The molecule has 0 saturated carbocycles. The molecule has 4 heteroatoms. The molecule has 1 aromatic carbocycles. The molecular weight excluding hydrogens is 248 g/mol. The van der Waals surface area contributed by atoms with Gasteiger partial charge in [-0.1, -0.05) is 13.0 Å². The molecule has 2 nitrogen and oxygen atoms in total. The highest BCUT2D eigenvalue weighted by Crippen LogP contribution is 2.20. The minimum atomic E-state index is -0.540. The van der Waals surface area contributed by atoms with Crippen LogP contribution in [0.5, 0.6) is 0 Å². The minimum absolute atomic E-state index is 0.0465. The van der Waals surface area contributed by atoms with Crippen LogP contribution < -0.4 is 5.32 Å². The van der Waals surface area contributed by atoms with Gasteiger partial charge in [-0.25, -0.2) is 8.78 Å². The average molecular weight is 267 g/mol. The van der Waals surface area contributed by atoms with Gasteiger partial charge in [0.25, 0.3) is 0 Å². The first-order chi connectivity index (χ1) is 9.20. The van der Waals surface area contributed by atoms with E-state index in [1.807, 2.05) is 6.92 Å². The Kier molecular flexibility index (Phi) is 4.91. The smallest absolute Gasteiger partial charge is 0.129 e. The second kappa shape index (κ2) is 6.66. The van der Waals surface area contributed by atoms with E-state index >= 15 is 0 Å². The summed E-state index contributed by atoms with van der Waals surface area (Å²) in [5.74, 6) is -1.03. The normalized spacial score (nSPS) is 16.7. The molecule has 0 radical (unpaired) electrons. The highest BCUT2D eigenvalue weighted by Gasteiger charge is 2.18. The third-order valence-electron chi connectivity index (χ3n) is 3.30. The Bertz CT molecular complexity index is 459. The summed E-state index contributed by atoms with van der Waals surface area (Å²) in [6, 6.07) is 3.79. The van der Waals surface area contributed by atoms with Crippen molar-refractivity contribution >= 4 is 0 Å². The van der Waals surface area contributed by atoms with Gasteiger partial charge in [-0.3, -0.25) is 0 Å². The van der Waals surface area contributed by atoms with Crippen molar-refractivity contribution in [2.45, 2.75) is 32.2 Å². The summed E-state index contributed by atoms with van der Waals surface area (Å²) >= 11 is 0. The van der Waals surface area contributed by atoms with E-state index in [2.05, 4.69) is 5.32 Å². The van der Waals surface area contributed by atoms with E-state index in [-0.39, 0.29) is 6.04 Å². The quantitative estimate of drug-likeness (QED) is 0.884. The summed E-state index contributed by atoms with van der Waals surface area (Å²) in [4.78, 5) is 0. The van der Waals surface area contributed by atoms with Gasteiger partial charge in [0.1, 0.15) is 11.6 Å². The van der Waals surface area contributed by atoms with Crippen molar-refractivity contribution in [2.24, 2.45) is 0 Å². The summed E-state index contributed by atoms with van der Waals surface area (Å²) in [6.45, 7) is 3.55. The molecule has 2 rings (SSSR count). The summed E-state index contributed by atoms with van der Waals surface area (Å²) in [6.07, 6.45) is 4.23. The Labute approximate surface area is 112 Å². The Morgan fingerprint density at radius 3 is 2.84 bits per heavy atom. The van der Waals surface area contributed by atoms with Crippen LogP contribution in [-0.2, 0) is 11.2 Å². The highest BCUT2D eigenvalue weighted by molar-refractivity contribution is 5.23. The van der Waals surface area contributed by atoms with Gasteiger partial charge in [-0.2, -0.15) is 0 Å². The van der Waals surface area contributed by atoms with E-state index in [9.17, 15) is 8.78 Å². The Morgan fingerprint density at radius 2 is 2.21 bits per heavy atom. The van der Waals surface area contributed by atoms with Crippen LogP contribution >= 0.6 is 0 Å². The molecule has 1 unspecified atom stereocenters. The number of halogens is 2. The van der Waals surface area contributed by atoms with Crippen molar-refractivity contribution < 1.29 is 13.5 Å². The molecule has 0 aromatic heterocycles. The maximum absolute atomic E-state index is 13.7. The van der Waals surface area contributed by atoms with E-state index in [4.69, 9.17) is 4.74 Å². The van der Waals surface area contributed by atoms with Crippen LogP contribution in [0, 0.1) is 11.6 Å². The molecule has 0 amide bonds. The molecule has 0 bridgehead atoms. The standard InChI is InChI=1S/C15H19F2NO/c1-2-18-15(12-4-3-7-19-10-12)8-11-5-6-13(16)9-14(11)17/h5-6,9-10,15,18H,2-4,7-8H2,1H3. The monoisotopic (exact) mass is 267 g/mol. The second-order valence-corrected chi connectivity index (χ2v) is 4.72. The third kappa shape index (κ3) is 3.77. The first-order valence-corrected chi connectivity index (χ1v) is 6.68. The lowest BCUT2D eigenvalue weighted by atomic mass is 9.95. The molecule has 1 aliphatic heterocycles. The molecule has 0 fully saturated rings. The third-order valence-corrected chi connectivity index (χ3v) is 3.30. The molecule has 19 heavy (non-hydrogen) atoms. The van der Waals surface area contributed by atoms with Gasteiger partial charge in [0.2, 0.25) is 0 Å². The molecular formula is C15H19F2NO. The zero-order chi connectivity index (χ0) is 13.7. The van der Waals surface area contributed by atoms with Gasteiger partial charge in [0.05, 0.1) is 12.9 Å². The van der Waals surface area contributed by atoms with Crippen LogP contribution in [0.2, 0.25) is 0 Å². The van der Waals surface area contributed by atoms with Crippen molar-refractivity contribution in [1.29, 1.82) is 0 Å². The van der Waals surface area contributed by atoms with Crippen molar-refractivity contribution in [1.82, 2.24) is 5.32 Å². The van der Waals surface area contributed by atoms with Gasteiger partial charge >= 0.3 is 0 Å². The molecule has 0 spiro atoms. The Balaban J connectivity index is 2.13. The fraction of sp³-hybridized carbons (Fsp3) is 0.467. The van der Waals surface area contributed by atoms with Gasteiger partial charge in [-0.05, 0) is 43.0 Å². The maximum atomic E-state index is 13.7. The fourth-order valence-corrected chi connectivity index (χ4v) is 2.33. The van der Waals surface area contributed by atoms with E-state index in [0.29, 0.717) is 12.0 Å². The summed E-state index contributed by atoms with van der Waals surface area (Å²) in [7, 11) is 0. The molecule has 1 heterocycles. The average Bonchev–Trinajstić information content (AvgIpc) is 2.42. The predicted octanol–water partition coefficient (Wildman–Crippen LogP) is 3.18. The van der Waals surface area contributed by atoms with Crippen LogP contribution in [0.15, 0.2) is 30.0 Å². The number of benzene rings is 1. The van der Waals surface area contributed by atoms with Crippen LogP contribution in [0.4, 0.5) is 8.78 Å². The number of hydrogen-bond donors (Lipinski definition) is 1. The molecule has 1 aliphatic rings. The van der Waals surface area contributed by atoms with Gasteiger partial charge in [-0.15, -0.1) is 0 Å². The van der Waals surface area contributed by atoms with E-state index in [0.717, 1.165) is 37.6 Å². The largest absolute Gasteiger partial charge is 0.501 e. The van der Waals surface area contributed by atoms with Gasteiger partial charge < -0.3 is 10.1 Å². The molecule has 1 N–H and O–H groups in total. The van der Waals surface area contributed by atoms with Crippen molar-refractivity contribution in [3.8, 4) is 0 Å². The van der Waals surface area contributed by atoms with Crippen LogP contribution in [0.3, 0.4) is 0 Å². The first kappa shape index (κ1) is 14.0. The molecule has 104 valence electrons. The second-order valence-electron chi connectivity index (χ2n) is 4.72. The number of rotatable bonds is 5. The molecule has 1 aromatic rings. The van der Waals surface area contributed by atoms with Gasteiger partial charge in [0, 0.05) is 12.1 Å². The lowest BCUT2D eigenvalue weighted by Gasteiger charge is -2.24. The summed E-state index contributed by atoms with van der Waals surface area (Å²) < 4.78 is 31.9. The number of hydrogen-bond acceptors (Lipinski definition) is 2. The van der Waals surface area contributed by atoms with Crippen molar-refractivity contribution in [3.63, 3.8) is 0 Å². The maximum Gasteiger partial charge on any atom is 0.129 e. The van der Waals surface area contributed by atoms with Crippen LogP contribution in [0.1, 0.15) is 25.3 Å². The van der Waals surface area contributed by atoms with Crippen molar-refractivity contribution in [3.05, 3.63) is 47.2 Å². The molecule has 0 aliphatic carbocycles. The molecule has 0 saturated heterocycles. The Morgan fingerprint density at radius 1 is 1.37 bits per heavy atom. The van der Waals surface area contributed by atoms with E-state index < -0.39 is 11.6 Å². The Hall–Kier alpha value is -1.42. The predicted molar refractivity (Wildman–Crippen MR) is 70.8 cm³/mol. The SMILES string of the molecule is CCNC(Cc1ccc(F)cc1F)C1=COCCC1. The minimum Gasteiger partial charge on any atom is -0.501 e. The summed E-state index contributed by atoms with van der Waals surface area (Å²) in [5.41, 5.74) is 1.68. The van der Waals surface area contributed by atoms with Crippen LogP contribution in [-0.4, -0.2) is 19.2 Å². The number of likely N-dealkylation sites (N-methyl/N-ethyl adjacent to an activating group) is 1. The first-order valence-electron chi connectivity index (χ1n) is 6.68. The highest BCUT2D eigenvalue weighted by atomic mass is 19.1. The van der Waals surface area contributed by atoms with Crippen LogP contribution in [0.25, 0.3) is 0 Å². The zero-order valence-corrected chi connectivity index (χ0v) is 11.1.